The molecular weight excluding hydrogens is 460 g/mol. The van der Waals surface area contributed by atoms with Gasteiger partial charge in [0, 0.05) is 48.1 Å². The predicted molar refractivity (Wildman–Crippen MR) is 147 cm³/mol. The van der Waals surface area contributed by atoms with Crippen LogP contribution in [0.5, 0.6) is 0 Å². The first-order valence-electron chi connectivity index (χ1n) is 13.9. The summed E-state index contributed by atoms with van der Waals surface area (Å²) in [5.41, 5.74) is 5.92. The molecule has 2 bridgehead atoms. The molecule has 2 unspecified atom stereocenters. The monoisotopic (exact) mass is 500 g/mol. The van der Waals surface area contributed by atoms with E-state index in [1.165, 1.54) is 31.2 Å². The van der Waals surface area contributed by atoms with Crippen LogP contribution in [0, 0.1) is 6.92 Å². The third-order valence-electron chi connectivity index (χ3n) is 8.88. The Morgan fingerprint density at radius 2 is 1.81 bits per heavy atom. The third-order valence-corrected chi connectivity index (χ3v) is 8.88. The van der Waals surface area contributed by atoms with Crippen LogP contribution in [-0.4, -0.2) is 50.8 Å². The molecule has 0 spiro atoms. The molecule has 1 aromatic carbocycles. The number of nitrogens with zero attached hydrogens (tertiary/aromatic N) is 5. The average Bonchev–Trinajstić information content (AvgIpc) is 3.38. The van der Waals surface area contributed by atoms with E-state index < -0.39 is 0 Å². The van der Waals surface area contributed by atoms with Gasteiger partial charge in [0.15, 0.2) is 5.82 Å². The van der Waals surface area contributed by atoms with E-state index in [2.05, 4.69) is 89.9 Å². The zero-order valence-corrected chi connectivity index (χ0v) is 22.7. The van der Waals surface area contributed by atoms with E-state index >= 15 is 0 Å². The van der Waals surface area contributed by atoms with Crippen LogP contribution < -0.4 is 10.2 Å². The molecule has 3 aliphatic heterocycles. The average molecular weight is 501 g/mol. The van der Waals surface area contributed by atoms with Crippen LogP contribution >= 0.6 is 0 Å². The van der Waals surface area contributed by atoms with Gasteiger partial charge < -0.3 is 15.0 Å². The molecule has 5 heterocycles. The van der Waals surface area contributed by atoms with Gasteiger partial charge in [-0.15, -0.1) is 10.2 Å². The fourth-order valence-electron chi connectivity index (χ4n) is 6.97. The normalized spacial score (nSPS) is 29.7. The number of rotatable bonds is 5. The highest BCUT2D eigenvalue weighted by Gasteiger charge is 2.46. The van der Waals surface area contributed by atoms with Crippen molar-refractivity contribution < 1.29 is 4.74 Å². The minimum Gasteiger partial charge on any atom is -0.357 e. The summed E-state index contributed by atoms with van der Waals surface area (Å²) in [7, 11) is 2.18. The van der Waals surface area contributed by atoms with Crippen molar-refractivity contribution in [2.45, 2.75) is 95.5 Å². The molecule has 1 N–H and O–H groups in total. The summed E-state index contributed by atoms with van der Waals surface area (Å²) in [5.74, 6) is 0.951. The largest absolute Gasteiger partial charge is 0.357 e. The highest BCUT2D eigenvalue weighted by Crippen LogP contribution is 2.42. The molecule has 2 aromatic heterocycles. The Bertz CT molecular complexity index is 1230. The van der Waals surface area contributed by atoms with Gasteiger partial charge in [0.2, 0.25) is 0 Å². The Labute approximate surface area is 220 Å². The van der Waals surface area contributed by atoms with Crippen molar-refractivity contribution in [3.8, 4) is 22.4 Å². The van der Waals surface area contributed by atoms with E-state index in [0.717, 1.165) is 60.5 Å². The fraction of sp³-hybridized carbons (Fsp3) is 0.567. The third kappa shape index (κ3) is 4.91. The first-order valence-corrected chi connectivity index (χ1v) is 13.9. The minimum absolute atomic E-state index is 0.0602. The first kappa shape index (κ1) is 24.6. The van der Waals surface area contributed by atoms with Crippen molar-refractivity contribution in [1.82, 2.24) is 25.3 Å². The first-order chi connectivity index (χ1) is 17.8. The number of aromatic nitrogens is 4. The van der Waals surface area contributed by atoms with Gasteiger partial charge in [-0.25, -0.2) is 4.68 Å². The molecule has 3 aliphatic rings. The quantitative estimate of drug-likeness (QED) is 0.470. The molecule has 3 saturated heterocycles. The van der Waals surface area contributed by atoms with Crippen molar-refractivity contribution >= 4 is 5.82 Å². The minimum atomic E-state index is 0.0602. The molecule has 6 rings (SSSR count). The van der Waals surface area contributed by atoms with Crippen LogP contribution in [0.1, 0.15) is 77.0 Å². The van der Waals surface area contributed by atoms with Crippen molar-refractivity contribution in [3.63, 3.8) is 0 Å². The Morgan fingerprint density at radius 3 is 2.49 bits per heavy atom. The lowest BCUT2D eigenvalue weighted by molar-refractivity contribution is -0.0394. The summed E-state index contributed by atoms with van der Waals surface area (Å²) in [4.78, 5) is 2.35. The number of anilines is 1. The van der Waals surface area contributed by atoms with E-state index in [9.17, 15) is 0 Å². The standard InChI is InChI=1S/C30H40N6O/c1-21-16-22(23-19-31-36(20-23)28-8-5-6-15-37-28)9-10-25(21)26-11-12-27(33-32-26)35(4)24-17-29(2)13-7-14-30(3,18-24)34-29/h9-12,16,19-20,24,28,34H,5-8,13-15,17-18H2,1-4H3/t24?,28?,29-,30+. The Balaban J connectivity index is 1.17. The molecule has 0 radical (unpaired) electrons. The lowest BCUT2D eigenvalue weighted by Crippen LogP contribution is -2.66. The van der Waals surface area contributed by atoms with Crippen LogP contribution in [-0.2, 0) is 4.74 Å². The maximum absolute atomic E-state index is 5.89. The zero-order valence-electron chi connectivity index (χ0n) is 22.7. The van der Waals surface area contributed by atoms with Crippen molar-refractivity contribution in [1.29, 1.82) is 0 Å². The number of nitrogens with one attached hydrogen (secondary N) is 1. The maximum Gasteiger partial charge on any atom is 0.151 e. The lowest BCUT2D eigenvalue weighted by Gasteiger charge is -2.55. The van der Waals surface area contributed by atoms with Crippen LogP contribution in [0.25, 0.3) is 22.4 Å². The number of benzene rings is 1. The summed E-state index contributed by atoms with van der Waals surface area (Å²) in [6.45, 7) is 7.74. The van der Waals surface area contributed by atoms with Crippen LogP contribution in [0.2, 0.25) is 0 Å². The maximum atomic E-state index is 5.89. The summed E-state index contributed by atoms with van der Waals surface area (Å²) in [6.07, 6.45) is 13.6. The molecule has 0 aliphatic carbocycles. The molecule has 0 saturated carbocycles. The van der Waals surface area contributed by atoms with E-state index in [0.29, 0.717) is 6.04 Å². The van der Waals surface area contributed by atoms with Gasteiger partial charge in [0.05, 0.1) is 11.9 Å². The van der Waals surface area contributed by atoms with Crippen molar-refractivity contribution in [2.24, 2.45) is 0 Å². The highest BCUT2D eigenvalue weighted by atomic mass is 16.5. The second-order valence-corrected chi connectivity index (χ2v) is 12.1. The van der Waals surface area contributed by atoms with Crippen LogP contribution in [0.3, 0.4) is 0 Å². The van der Waals surface area contributed by atoms with E-state index in [1.807, 2.05) is 10.9 Å². The molecule has 3 fully saturated rings. The Kier molecular flexibility index (Phi) is 6.32. The smallest absolute Gasteiger partial charge is 0.151 e. The zero-order chi connectivity index (χ0) is 25.6. The molecule has 3 aromatic rings. The summed E-state index contributed by atoms with van der Waals surface area (Å²) in [5, 5.41) is 17.9. The fourth-order valence-corrected chi connectivity index (χ4v) is 6.97. The molecule has 0 amide bonds. The van der Waals surface area contributed by atoms with Gasteiger partial charge in [-0.05, 0) is 95.4 Å². The van der Waals surface area contributed by atoms with Crippen molar-refractivity contribution in [3.05, 3.63) is 48.3 Å². The molecule has 7 heteroatoms. The number of hydrogen-bond acceptors (Lipinski definition) is 6. The van der Waals surface area contributed by atoms with Crippen LogP contribution in [0.15, 0.2) is 42.7 Å². The van der Waals surface area contributed by atoms with Gasteiger partial charge in [-0.1, -0.05) is 18.2 Å². The molecule has 196 valence electrons. The molecule has 37 heavy (non-hydrogen) atoms. The van der Waals surface area contributed by atoms with E-state index in [1.54, 1.807) is 0 Å². The van der Waals surface area contributed by atoms with Gasteiger partial charge in [-0.2, -0.15) is 5.10 Å². The number of aryl methyl sites for hydroxylation is 1. The summed E-state index contributed by atoms with van der Waals surface area (Å²) >= 11 is 0. The second kappa shape index (κ2) is 9.52. The van der Waals surface area contributed by atoms with Crippen molar-refractivity contribution in [2.75, 3.05) is 18.6 Å². The second-order valence-electron chi connectivity index (χ2n) is 12.1. The predicted octanol–water partition coefficient (Wildman–Crippen LogP) is 5.90. The number of piperidine rings is 2. The van der Waals surface area contributed by atoms with Crippen LogP contribution in [0.4, 0.5) is 5.82 Å². The van der Waals surface area contributed by atoms with Gasteiger partial charge in [0.25, 0.3) is 0 Å². The number of fused-ring (bicyclic) bond motifs is 2. The number of hydrogen-bond donors (Lipinski definition) is 1. The van der Waals surface area contributed by atoms with Gasteiger partial charge in [-0.3, -0.25) is 0 Å². The topological polar surface area (TPSA) is 68.1 Å². The number of ether oxygens (including phenoxy) is 1. The molecule has 4 atom stereocenters. The summed E-state index contributed by atoms with van der Waals surface area (Å²) in [6, 6.07) is 11.2. The SMILES string of the molecule is Cc1cc(-c2cnn(C3CCCCO3)c2)ccc1-c1ccc(N(C)C2C[C@]3(C)CCC[C@](C)(C2)N3)nn1. The highest BCUT2D eigenvalue weighted by molar-refractivity contribution is 5.71. The lowest BCUT2D eigenvalue weighted by atomic mass is 9.69. The Morgan fingerprint density at radius 1 is 1.00 bits per heavy atom. The van der Waals surface area contributed by atoms with Gasteiger partial charge in [0.1, 0.15) is 6.23 Å². The molecular formula is C30H40N6O. The van der Waals surface area contributed by atoms with E-state index in [4.69, 9.17) is 4.74 Å². The van der Waals surface area contributed by atoms with E-state index in [-0.39, 0.29) is 17.3 Å². The summed E-state index contributed by atoms with van der Waals surface area (Å²) < 4.78 is 7.85. The molecule has 7 nitrogen and oxygen atoms in total. The van der Waals surface area contributed by atoms with Gasteiger partial charge >= 0.3 is 0 Å². The Hall–Kier alpha value is -2.77.